The molecule has 1 N–H and O–H groups in total. The van der Waals surface area contributed by atoms with Crippen LogP contribution in [0.15, 0.2) is 29.2 Å². The van der Waals surface area contributed by atoms with Crippen LogP contribution in [0.2, 0.25) is 0 Å². The van der Waals surface area contributed by atoms with Crippen molar-refractivity contribution in [3.05, 3.63) is 45.8 Å². The molecule has 37 heavy (non-hydrogen) atoms. The normalized spacial score (nSPS) is 16.6. The number of nitrogens with zero attached hydrogens (tertiary/aromatic N) is 3. The summed E-state index contributed by atoms with van der Waals surface area (Å²) in [6.07, 6.45) is 2.21. The van der Waals surface area contributed by atoms with Crippen LogP contribution in [0.4, 0.5) is 5.00 Å². The smallest absolute Gasteiger partial charge is 0.257 e. The molecule has 0 bridgehead atoms. The molecule has 0 aliphatic carbocycles. The third-order valence-electron chi connectivity index (χ3n) is 6.69. The Hall–Kier alpha value is -2.31. The summed E-state index contributed by atoms with van der Waals surface area (Å²) in [6.45, 7) is 8.46. The Kier molecular flexibility index (Phi) is 9.02. The first kappa shape index (κ1) is 27.7. The number of amides is 2. The van der Waals surface area contributed by atoms with Crippen LogP contribution >= 0.6 is 11.3 Å². The Balaban J connectivity index is 1.58. The minimum atomic E-state index is -3.63. The van der Waals surface area contributed by atoms with Crippen LogP contribution in [-0.2, 0) is 27.7 Å². The summed E-state index contributed by atoms with van der Waals surface area (Å²) in [7, 11) is -1.58. The van der Waals surface area contributed by atoms with Crippen molar-refractivity contribution < 1.29 is 22.7 Å². The monoisotopic (exact) mass is 548 g/mol. The fourth-order valence-corrected chi connectivity index (χ4v) is 7.66. The van der Waals surface area contributed by atoms with Gasteiger partial charge in [0.05, 0.1) is 23.7 Å². The fourth-order valence-electron chi connectivity index (χ4n) is 4.72. The second kappa shape index (κ2) is 12.0. The van der Waals surface area contributed by atoms with E-state index in [1.165, 1.54) is 39.9 Å². The number of anilines is 1. The van der Waals surface area contributed by atoms with Crippen molar-refractivity contribution in [2.24, 2.45) is 0 Å². The number of fused-ring (bicyclic) bond motifs is 1. The van der Waals surface area contributed by atoms with E-state index < -0.39 is 10.0 Å². The molecule has 2 amide bonds. The van der Waals surface area contributed by atoms with Crippen molar-refractivity contribution >= 4 is 38.2 Å². The zero-order valence-electron chi connectivity index (χ0n) is 21.8. The molecule has 1 aromatic heterocycles. The quantitative estimate of drug-likeness (QED) is 0.517. The number of likely N-dealkylation sites (N-methyl/N-ethyl adjacent to an activating group) is 1. The highest BCUT2D eigenvalue weighted by atomic mass is 32.2. The lowest BCUT2D eigenvalue weighted by molar-refractivity contribution is 0.0303. The van der Waals surface area contributed by atoms with E-state index in [-0.39, 0.29) is 16.7 Å². The van der Waals surface area contributed by atoms with Crippen molar-refractivity contribution in [2.45, 2.75) is 44.6 Å². The Morgan fingerprint density at radius 3 is 2.32 bits per heavy atom. The Morgan fingerprint density at radius 2 is 1.70 bits per heavy atom. The molecular formula is C26H36N4O5S2. The van der Waals surface area contributed by atoms with Crippen molar-refractivity contribution in [1.29, 1.82) is 0 Å². The van der Waals surface area contributed by atoms with Crippen LogP contribution in [-0.4, -0.2) is 87.3 Å². The topological polar surface area (TPSA) is 99.3 Å². The van der Waals surface area contributed by atoms with Gasteiger partial charge in [-0.1, -0.05) is 13.8 Å². The summed E-state index contributed by atoms with van der Waals surface area (Å²) >= 11 is 1.45. The number of nitrogens with one attached hydrogen (secondary N) is 1. The first-order valence-corrected chi connectivity index (χ1v) is 15.1. The summed E-state index contributed by atoms with van der Waals surface area (Å²) in [4.78, 5) is 32.0. The highest BCUT2D eigenvalue weighted by Gasteiger charge is 2.31. The highest BCUT2D eigenvalue weighted by Crippen LogP contribution is 2.38. The molecule has 0 atom stereocenters. The average Bonchev–Trinajstić information content (AvgIpc) is 3.25. The zero-order valence-corrected chi connectivity index (χ0v) is 23.4. The summed E-state index contributed by atoms with van der Waals surface area (Å²) in [5.41, 5.74) is 1.94. The maximum Gasteiger partial charge on any atom is 0.257 e. The molecule has 2 aliphatic heterocycles. The van der Waals surface area contributed by atoms with Gasteiger partial charge in [-0.05, 0) is 56.1 Å². The average molecular weight is 549 g/mol. The molecule has 3 heterocycles. The minimum absolute atomic E-state index is 0.0750. The molecule has 0 saturated carbocycles. The van der Waals surface area contributed by atoms with Crippen LogP contribution in [0.25, 0.3) is 0 Å². The van der Waals surface area contributed by atoms with Gasteiger partial charge in [-0.25, -0.2) is 8.42 Å². The third-order valence-corrected chi connectivity index (χ3v) is 9.73. The number of sulfonamides is 1. The third kappa shape index (κ3) is 6.06. The van der Waals surface area contributed by atoms with E-state index in [2.05, 4.69) is 10.2 Å². The number of hydrogen-bond acceptors (Lipinski definition) is 7. The standard InChI is InChI=1S/C26H36N4O5S2/c1-4-11-30(12-5-2)37(33,34)20-8-6-19(7-9-20)24(31)27-25-23(26(32)29-14-16-35-17-15-29)21-10-13-28(3)18-22(21)36-25/h6-9H,4-5,10-18H2,1-3H3,(H,27,31). The number of hydrogen-bond donors (Lipinski definition) is 1. The molecule has 1 fully saturated rings. The lowest BCUT2D eigenvalue weighted by atomic mass is 10.0. The molecule has 9 nitrogen and oxygen atoms in total. The lowest BCUT2D eigenvalue weighted by Crippen LogP contribution is -2.41. The van der Waals surface area contributed by atoms with Crippen LogP contribution in [0, 0.1) is 0 Å². The van der Waals surface area contributed by atoms with Crippen LogP contribution < -0.4 is 5.32 Å². The second-order valence-corrected chi connectivity index (χ2v) is 12.5. The number of morpholine rings is 1. The molecule has 2 aromatic rings. The largest absolute Gasteiger partial charge is 0.378 e. The number of benzene rings is 1. The first-order chi connectivity index (χ1) is 17.8. The van der Waals surface area contributed by atoms with Gasteiger partial charge >= 0.3 is 0 Å². The molecule has 0 radical (unpaired) electrons. The number of ether oxygens (including phenoxy) is 1. The van der Waals surface area contributed by atoms with E-state index in [9.17, 15) is 18.0 Å². The van der Waals surface area contributed by atoms with Crippen LogP contribution in [0.1, 0.15) is 57.8 Å². The molecule has 11 heteroatoms. The molecular weight excluding hydrogens is 512 g/mol. The van der Waals surface area contributed by atoms with Crippen molar-refractivity contribution in [2.75, 3.05) is 58.3 Å². The lowest BCUT2D eigenvalue weighted by Gasteiger charge is -2.28. The van der Waals surface area contributed by atoms with E-state index in [0.29, 0.717) is 55.5 Å². The van der Waals surface area contributed by atoms with Gasteiger partial charge in [0, 0.05) is 49.7 Å². The van der Waals surface area contributed by atoms with Gasteiger partial charge in [0.15, 0.2) is 0 Å². The van der Waals surface area contributed by atoms with Crippen LogP contribution in [0.3, 0.4) is 0 Å². The predicted octanol–water partition coefficient (Wildman–Crippen LogP) is 3.27. The molecule has 0 spiro atoms. The highest BCUT2D eigenvalue weighted by molar-refractivity contribution is 7.89. The number of thiophene rings is 1. The Bertz CT molecular complexity index is 1210. The summed E-state index contributed by atoms with van der Waals surface area (Å²) < 4.78 is 33.0. The van der Waals surface area contributed by atoms with Gasteiger partial charge in [0.1, 0.15) is 5.00 Å². The SMILES string of the molecule is CCCN(CCC)S(=O)(=O)c1ccc(C(=O)Nc2sc3c(c2C(=O)N2CCOCC2)CCN(C)C3)cc1. The molecule has 1 saturated heterocycles. The van der Waals surface area contributed by atoms with Gasteiger partial charge < -0.3 is 19.9 Å². The number of carbonyl (C=O) groups is 2. The summed E-state index contributed by atoms with van der Waals surface area (Å²) in [6, 6.07) is 6.03. The minimum Gasteiger partial charge on any atom is -0.378 e. The Labute approximate surface area is 223 Å². The van der Waals surface area contributed by atoms with Crippen molar-refractivity contribution in [3.63, 3.8) is 0 Å². The summed E-state index contributed by atoms with van der Waals surface area (Å²) in [5.74, 6) is -0.445. The zero-order chi connectivity index (χ0) is 26.6. The maximum atomic E-state index is 13.5. The Morgan fingerprint density at radius 1 is 1.05 bits per heavy atom. The second-order valence-electron chi connectivity index (χ2n) is 9.48. The molecule has 0 unspecified atom stereocenters. The van der Waals surface area contributed by atoms with E-state index in [1.54, 1.807) is 4.90 Å². The molecule has 4 rings (SSSR count). The fraction of sp³-hybridized carbons (Fsp3) is 0.538. The number of rotatable bonds is 9. The van der Waals surface area contributed by atoms with Crippen molar-refractivity contribution in [1.82, 2.24) is 14.1 Å². The molecule has 1 aromatic carbocycles. The van der Waals surface area contributed by atoms with E-state index >= 15 is 0 Å². The van der Waals surface area contributed by atoms with E-state index in [0.717, 1.165) is 42.8 Å². The van der Waals surface area contributed by atoms with Gasteiger partial charge in [0.25, 0.3) is 11.8 Å². The molecule has 202 valence electrons. The van der Waals surface area contributed by atoms with E-state index in [1.807, 2.05) is 20.9 Å². The van der Waals surface area contributed by atoms with Gasteiger partial charge in [-0.2, -0.15) is 4.31 Å². The summed E-state index contributed by atoms with van der Waals surface area (Å²) in [5, 5.41) is 3.51. The maximum absolute atomic E-state index is 13.5. The van der Waals surface area contributed by atoms with Crippen molar-refractivity contribution in [3.8, 4) is 0 Å². The molecule has 2 aliphatic rings. The first-order valence-electron chi connectivity index (χ1n) is 12.9. The number of carbonyl (C=O) groups excluding carboxylic acids is 2. The van der Waals surface area contributed by atoms with E-state index in [4.69, 9.17) is 4.74 Å². The van der Waals surface area contributed by atoms with Crippen LogP contribution in [0.5, 0.6) is 0 Å². The van der Waals surface area contributed by atoms with Gasteiger partial charge in [-0.15, -0.1) is 11.3 Å². The predicted molar refractivity (Wildman–Crippen MR) is 145 cm³/mol. The van der Waals surface area contributed by atoms with Gasteiger partial charge in [0.2, 0.25) is 10.0 Å². The van der Waals surface area contributed by atoms with Gasteiger partial charge in [-0.3, -0.25) is 9.59 Å².